The summed E-state index contributed by atoms with van der Waals surface area (Å²) in [5, 5.41) is 10.9. The molecule has 0 saturated heterocycles. The number of hydrogen-bond donors (Lipinski definition) is 0. The van der Waals surface area contributed by atoms with Gasteiger partial charge in [-0.3, -0.25) is 9.97 Å². The Morgan fingerprint density at radius 2 is 2.21 bits per heavy atom. The molecular formula is C10H9N5O3S. The van der Waals surface area contributed by atoms with Crippen LogP contribution >= 0.6 is 0 Å². The van der Waals surface area contributed by atoms with Crippen molar-refractivity contribution < 1.29 is 9.13 Å². The van der Waals surface area contributed by atoms with Crippen molar-refractivity contribution in [3.05, 3.63) is 46.4 Å². The number of rotatable bonds is 4. The highest BCUT2D eigenvalue weighted by Crippen LogP contribution is 2.16. The monoisotopic (exact) mass is 279 g/mol. The summed E-state index contributed by atoms with van der Waals surface area (Å²) in [5.41, 5.74) is 0.345. The molecule has 0 atom stereocenters. The Kier molecular flexibility index (Phi) is 3.76. The van der Waals surface area contributed by atoms with Crippen molar-refractivity contribution >= 4 is 21.9 Å². The highest BCUT2D eigenvalue weighted by molar-refractivity contribution is 7.67. The van der Waals surface area contributed by atoms with Gasteiger partial charge in [-0.15, -0.1) is 0 Å². The van der Waals surface area contributed by atoms with Crippen LogP contribution in [0.25, 0.3) is 0 Å². The summed E-state index contributed by atoms with van der Waals surface area (Å²) in [6, 6.07) is 0. The standard InChI is InChI=1S/C10H9N5O3S/c1-2-14-8(15(16)17)6-13-10(14)9(19-18)7-5-11-3-4-12-7/h3-6H,2H2,1H3. The lowest BCUT2D eigenvalue weighted by atomic mass is 10.3. The lowest BCUT2D eigenvalue weighted by Crippen LogP contribution is -2.14. The molecule has 8 nitrogen and oxygen atoms in total. The average Bonchev–Trinajstić information content (AvgIpc) is 2.85. The van der Waals surface area contributed by atoms with Crippen molar-refractivity contribution in [3.8, 4) is 0 Å². The Bertz CT molecular complexity index is 663. The summed E-state index contributed by atoms with van der Waals surface area (Å²) in [6.07, 6.45) is 5.47. The molecule has 19 heavy (non-hydrogen) atoms. The second-order valence-corrected chi connectivity index (χ2v) is 4.02. The molecule has 0 saturated carbocycles. The number of aromatic nitrogens is 4. The van der Waals surface area contributed by atoms with Crippen LogP contribution in [0.2, 0.25) is 0 Å². The SMILES string of the molecule is CCn1c([N+](=O)[O-])cnc1C(=S=O)c1cnccn1. The van der Waals surface area contributed by atoms with Gasteiger partial charge in [0.2, 0.25) is 5.82 Å². The molecule has 0 aliphatic heterocycles. The molecule has 0 unspecified atom stereocenters. The lowest BCUT2D eigenvalue weighted by molar-refractivity contribution is -0.392. The zero-order valence-electron chi connectivity index (χ0n) is 9.89. The normalized spacial score (nSPS) is 10.2. The fourth-order valence-electron chi connectivity index (χ4n) is 1.62. The molecule has 0 fully saturated rings. The number of hydrogen-bond acceptors (Lipinski definition) is 6. The first-order valence-electron chi connectivity index (χ1n) is 5.32. The zero-order chi connectivity index (χ0) is 13.8. The topological polar surface area (TPSA) is 104 Å². The molecular weight excluding hydrogens is 270 g/mol. The summed E-state index contributed by atoms with van der Waals surface area (Å²) in [7, 11) is 0. The molecule has 0 aliphatic rings. The highest BCUT2D eigenvalue weighted by Gasteiger charge is 2.24. The summed E-state index contributed by atoms with van der Waals surface area (Å²) in [5.74, 6) is 0.0719. The molecule has 0 aromatic carbocycles. The predicted octanol–water partition coefficient (Wildman–Crippen LogP) is 0.383. The number of nitro groups is 1. The smallest absolute Gasteiger partial charge is 0.343 e. The Morgan fingerprint density at radius 1 is 1.42 bits per heavy atom. The third-order valence-electron chi connectivity index (χ3n) is 2.42. The molecule has 0 spiro atoms. The van der Waals surface area contributed by atoms with E-state index in [9.17, 15) is 14.3 Å². The van der Waals surface area contributed by atoms with Gasteiger partial charge in [-0.2, -0.15) is 0 Å². The van der Waals surface area contributed by atoms with E-state index in [0.717, 1.165) is 6.20 Å². The van der Waals surface area contributed by atoms with E-state index in [1.54, 1.807) is 6.92 Å². The van der Waals surface area contributed by atoms with Crippen LogP contribution in [0.3, 0.4) is 0 Å². The van der Waals surface area contributed by atoms with Crippen molar-refractivity contribution in [2.45, 2.75) is 13.5 Å². The highest BCUT2D eigenvalue weighted by atomic mass is 32.1. The molecule has 2 heterocycles. The van der Waals surface area contributed by atoms with Gasteiger partial charge in [-0.1, -0.05) is 0 Å². The minimum Gasteiger partial charge on any atom is -0.358 e. The predicted molar refractivity (Wildman–Crippen MR) is 67.9 cm³/mol. The second kappa shape index (κ2) is 5.48. The maximum Gasteiger partial charge on any atom is 0.343 e. The second-order valence-electron chi connectivity index (χ2n) is 3.44. The molecule has 9 heteroatoms. The molecule has 2 aromatic heterocycles. The van der Waals surface area contributed by atoms with Crippen LogP contribution < -0.4 is 0 Å². The quantitative estimate of drug-likeness (QED) is 0.347. The van der Waals surface area contributed by atoms with Gasteiger partial charge < -0.3 is 10.1 Å². The van der Waals surface area contributed by atoms with E-state index in [2.05, 4.69) is 15.0 Å². The summed E-state index contributed by atoms with van der Waals surface area (Å²) in [6.45, 7) is 2.07. The molecule has 98 valence electrons. The van der Waals surface area contributed by atoms with Crippen LogP contribution in [-0.4, -0.2) is 33.5 Å². The van der Waals surface area contributed by atoms with E-state index in [1.807, 2.05) is 0 Å². The van der Waals surface area contributed by atoms with Crippen molar-refractivity contribution in [3.63, 3.8) is 0 Å². The van der Waals surface area contributed by atoms with Gasteiger partial charge in [-0.25, -0.2) is 13.8 Å². The largest absolute Gasteiger partial charge is 0.358 e. The van der Waals surface area contributed by atoms with Gasteiger partial charge in [0.1, 0.15) is 23.1 Å². The Morgan fingerprint density at radius 3 is 2.74 bits per heavy atom. The van der Waals surface area contributed by atoms with E-state index in [1.165, 1.54) is 23.2 Å². The van der Waals surface area contributed by atoms with Crippen molar-refractivity contribution in [2.24, 2.45) is 0 Å². The minimum absolute atomic E-state index is 0.159. The van der Waals surface area contributed by atoms with Gasteiger partial charge >= 0.3 is 5.82 Å². The maximum atomic E-state index is 11.3. The molecule has 0 bridgehead atoms. The molecule has 2 rings (SSSR count). The summed E-state index contributed by atoms with van der Waals surface area (Å²) in [4.78, 5) is 22.4. The molecule has 2 aromatic rings. The van der Waals surface area contributed by atoms with Crippen LogP contribution in [-0.2, 0) is 17.8 Å². The van der Waals surface area contributed by atoms with Gasteiger partial charge in [0.15, 0.2) is 4.86 Å². The summed E-state index contributed by atoms with van der Waals surface area (Å²) >= 11 is 0.189. The van der Waals surface area contributed by atoms with E-state index in [-0.39, 0.29) is 27.8 Å². The first-order valence-corrected chi connectivity index (χ1v) is 6.06. The Labute approximate surface area is 111 Å². The van der Waals surface area contributed by atoms with E-state index < -0.39 is 4.92 Å². The molecule has 0 aliphatic carbocycles. The van der Waals surface area contributed by atoms with Gasteiger partial charge in [0, 0.05) is 12.4 Å². The maximum absolute atomic E-state index is 11.3. The first kappa shape index (κ1) is 13.0. The lowest BCUT2D eigenvalue weighted by Gasteiger charge is -2.02. The van der Waals surface area contributed by atoms with Crippen LogP contribution in [0.1, 0.15) is 18.4 Å². The number of nitrogens with zero attached hydrogens (tertiary/aromatic N) is 5. The first-order chi connectivity index (χ1) is 9.19. The van der Waals surface area contributed by atoms with Crippen molar-refractivity contribution in [1.82, 2.24) is 19.5 Å². The van der Waals surface area contributed by atoms with E-state index in [0.29, 0.717) is 12.2 Å². The summed E-state index contributed by atoms with van der Waals surface area (Å²) < 4.78 is 12.6. The number of imidazole rings is 1. The van der Waals surface area contributed by atoms with Gasteiger partial charge in [-0.05, 0) is 11.8 Å². The zero-order valence-corrected chi connectivity index (χ0v) is 10.7. The molecule has 0 N–H and O–H groups in total. The average molecular weight is 279 g/mol. The van der Waals surface area contributed by atoms with Crippen LogP contribution in [0, 0.1) is 10.1 Å². The Balaban J connectivity index is 2.58. The molecule has 0 amide bonds. The van der Waals surface area contributed by atoms with Gasteiger partial charge in [0.25, 0.3) is 0 Å². The third-order valence-corrected chi connectivity index (χ3v) is 2.98. The fourth-order valence-corrected chi connectivity index (χ4v) is 2.04. The molecule has 0 radical (unpaired) electrons. The van der Waals surface area contributed by atoms with Crippen molar-refractivity contribution in [1.29, 1.82) is 0 Å². The third kappa shape index (κ3) is 2.40. The minimum atomic E-state index is -0.538. The van der Waals surface area contributed by atoms with Crippen LogP contribution in [0.5, 0.6) is 0 Å². The van der Waals surface area contributed by atoms with E-state index in [4.69, 9.17) is 0 Å². The van der Waals surface area contributed by atoms with Crippen LogP contribution in [0.15, 0.2) is 24.8 Å². The van der Waals surface area contributed by atoms with Crippen molar-refractivity contribution in [2.75, 3.05) is 0 Å². The fraction of sp³-hybridized carbons (Fsp3) is 0.200. The van der Waals surface area contributed by atoms with Gasteiger partial charge in [0.05, 0.1) is 12.7 Å². The van der Waals surface area contributed by atoms with Crippen LogP contribution in [0.4, 0.5) is 5.82 Å². The Hall–Kier alpha value is -2.42. The van der Waals surface area contributed by atoms with E-state index >= 15 is 0 Å².